The minimum Gasteiger partial charge on any atom is -0.307 e. The van der Waals surface area contributed by atoms with Gasteiger partial charge in [0.05, 0.1) is 23.9 Å². The molecule has 0 aliphatic heterocycles. The maximum atomic E-state index is 11.9. The van der Waals surface area contributed by atoms with Crippen LogP contribution in [0.15, 0.2) is 54.7 Å². The molecule has 2 aromatic carbocycles. The Bertz CT molecular complexity index is 1030. The lowest BCUT2D eigenvalue weighted by atomic mass is 9.96. The molecule has 0 saturated heterocycles. The molecule has 0 fully saturated rings. The molecule has 5 nitrogen and oxygen atoms in total. The molecule has 5 heteroatoms. The summed E-state index contributed by atoms with van der Waals surface area (Å²) in [6.45, 7) is 8.35. The van der Waals surface area contributed by atoms with Crippen LogP contribution in [0.1, 0.15) is 57.7 Å². The van der Waals surface area contributed by atoms with Gasteiger partial charge in [-0.25, -0.2) is 5.84 Å². The van der Waals surface area contributed by atoms with Gasteiger partial charge in [-0.1, -0.05) is 43.7 Å². The highest BCUT2D eigenvalue weighted by molar-refractivity contribution is 5.80. The van der Waals surface area contributed by atoms with Gasteiger partial charge in [-0.05, 0) is 62.1 Å². The fourth-order valence-electron chi connectivity index (χ4n) is 3.33. The van der Waals surface area contributed by atoms with Crippen molar-refractivity contribution < 1.29 is 4.79 Å². The number of hydrazine groups is 1. The van der Waals surface area contributed by atoms with Crippen molar-refractivity contribution in [1.82, 2.24) is 4.98 Å². The predicted octanol–water partition coefficient (Wildman–Crippen LogP) is 5.07. The fourth-order valence-corrected chi connectivity index (χ4v) is 3.33. The van der Waals surface area contributed by atoms with E-state index in [2.05, 4.69) is 42.2 Å². The molecule has 31 heavy (non-hydrogen) atoms. The molecule has 0 atom stereocenters. The third-order valence-corrected chi connectivity index (χ3v) is 5.09. The lowest BCUT2D eigenvalue weighted by Crippen LogP contribution is -2.30. The predicted molar refractivity (Wildman–Crippen MR) is 126 cm³/mol. The van der Waals surface area contributed by atoms with Crippen molar-refractivity contribution in [3.8, 4) is 6.07 Å². The molecule has 0 spiro atoms. The Hall–Kier alpha value is -3.49. The molecule has 0 bridgehead atoms. The summed E-state index contributed by atoms with van der Waals surface area (Å²) in [6, 6.07) is 17.5. The second-order valence-corrected chi connectivity index (χ2v) is 7.15. The molecule has 3 aromatic rings. The van der Waals surface area contributed by atoms with E-state index in [1.54, 1.807) is 35.5 Å². The minimum atomic E-state index is 0.352. The summed E-state index contributed by atoms with van der Waals surface area (Å²) in [5.74, 6) is 6.22. The first kappa shape index (κ1) is 23.8. The molecule has 0 aliphatic carbocycles. The number of hydrogen-bond donors (Lipinski definition) is 1. The lowest BCUT2D eigenvalue weighted by Gasteiger charge is -2.21. The number of nitrogens with zero attached hydrogens (tertiary/aromatic N) is 3. The average molecular weight is 415 g/mol. The van der Waals surface area contributed by atoms with Crippen LogP contribution in [0.5, 0.6) is 0 Å². The fraction of sp³-hybridized carbons (Fsp3) is 0.269. The Morgan fingerprint density at radius 3 is 2.26 bits per heavy atom. The van der Waals surface area contributed by atoms with Crippen molar-refractivity contribution in [2.24, 2.45) is 5.84 Å². The number of pyridine rings is 1. The van der Waals surface area contributed by atoms with Gasteiger partial charge in [0.1, 0.15) is 0 Å². The summed E-state index contributed by atoms with van der Waals surface area (Å²) in [5.41, 5.74) is 7.08. The summed E-state index contributed by atoms with van der Waals surface area (Å²) in [6.07, 6.45) is 4.21. The number of nitriles is 1. The minimum absolute atomic E-state index is 0.352. The van der Waals surface area contributed by atoms with Gasteiger partial charge in [0.15, 0.2) is 6.29 Å². The Morgan fingerprint density at radius 2 is 1.68 bits per heavy atom. The Kier molecular flexibility index (Phi) is 8.93. The van der Waals surface area contributed by atoms with Gasteiger partial charge in [-0.3, -0.25) is 9.78 Å². The third kappa shape index (κ3) is 6.24. The second kappa shape index (κ2) is 11.6. The highest BCUT2D eigenvalue weighted by atomic mass is 16.1. The van der Waals surface area contributed by atoms with Crippen molar-refractivity contribution in [3.63, 3.8) is 0 Å². The average Bonchev–Trinajstić information content (AvgIpc) is 2.81. The quantitative estimate of drug-likeness (QED) is 0.331. The monoisotopic (exact) mass is 414 g/mol. The van der Waals surface area contributed by atoms with Crippen molar-refractivity contribution in [2.75, 3.05) is 5.01 Å². The summed E-state index contributed by atoms with van der Waals surface area (Å²) < 4.78 is 0. The number of rotatable bonds is 7. The highest BCUT2D eigenvalue weighted by Crippen LogP contribution is 2.21. The maximum Gasteiger partial charge on any atom is 0.150 e. The zero-order valence-corrected chi connectivity index (χ0v) is 18.7. The van der Waals surface area contributed by atoms with E-state index in [0.29, 0.717) is 17.7 Å². The van der Waals surface area contributed by atoms with Crippen molar-refractivity contribution in [2.45, 2.75) is 47.1 Å². The third-order valence-electron chi connectivity index (χ3n) is 5.09. The van der Waals surface area contributed by atoms with Gasteiger partial charge in [-0.15, -0.1) is 0 Å². The molecular weight excluding hydrogens is 384 g/mol. The number of aryl methyl sites for hydroxylation is 3. The normalized spacial score (nSPS) is 9.94. The topological polar surface area (TPSA) is 83.0 Å². The van der Waals surface area contributed by atoms with Crippen molar-refractivity contribution in [1.29, 1.82) is 5.26 Å². The van der Waals surface area contributed by atoms with E-state index in [0.717, 1.165) is 41.6 Å². The number of carbonyl (C=O) groups is 1. The van der Waals surface area contributed by atoms with Crippen LogP contribution in [-0.2, 0) is 19.4 Å². The van der Waals surface area contributed by atoms with Crippen LogP contribution < -0.4 is 10.9 Å². The van der Waals surface area contributed by atoms with Crippen LogP contribution in [0.3, 0.4) is 0 Å². The number of aromatic nitrogens is 1. The molecule has 1 aromatic heterocycles. The van der Waals surface area contributed by atoms with Crippen LogP contribution in [0.4, 0.5) is 5.69 Å². The van der Waals surface area contributed by atoms with Gasteiger partial charge >= 0.3 is 0 Å². The number of aldehydes is 1. The highest BCUT2D eigenvalue weighted by Gasteiger charge is 2.14. The Morgan fingerprint density at radius 1 is 1.03 bits per heavy atom. The van der Waals surface area contributed by atoms with Crippen LogP contribution in [0.2, 0.25) is 0 Å². The number of nitrogens with two attached hydrogens (primary N) is 1. The lowest BCUT2D eigenvalue weighted by molar-refractivity contribution is 0.112. The first-order valence-electron chi connectivity index (χ1n) is 10.5. The van der Waals surface area contributed by atoms with Gasteiger partial charge in [0, 0.05) is 23.0 Å². The standard InChI is InChI=1S/C24H24N4O.C2H6/c1-17-3-5-19(6-4-17)9-12-23-18(2)27-14-21(24(23)16-29)15-28(26)22-10-7-20(13-25)8-11-22;1-2/h3-8,10-11,14,16H,9,12,15,26H2,1-2H3;1-2H3. The van der Waals surface area contributed by atoms with Crippen LogP contribution in [-0.4, -0.2) is 11.3 Å². The second-order valence-electron chi connectivity index (χ2n) is 7.15. The summed E-state index contributed by atoms with van der Waals surface area (Å²) >= 11 is 0. The Balaban J connectivity index is 0.00000166. The van der Waals surface area contributed by atoms with E-state index in [1.807, 2.05) is 20.8 Å². The van der Waals surface area contributed by atoms with E-state index in [9.17, 15) is 4.79 Å². The van der Waals surface area contributed by atoms with Crippen molar-refractivity contribution in [3.05, 3.63) is 93.8 Å². The van der Waals surface area contributed by atoms with E-state index < -0.39 is 0 Å². The molecular formula is C26H30N4O. The molecule has 160 valence electrons. The number of anilines is 1. The zero-order valence-electron chi connectivity index (χ0n) is 18.7. The largest absolute Gasteiger partial charge is 0.307 e. The van der Waals surface area contributed by atoms with Gasteiger partial charge < -0.3 is 5.01 Å². The van der Waals surface area contributed by atoms with E-state index in [1.165, 1.54) is 11.1 Å². The van der Waals surface area contributed by atoms with Gasteiger partial charge in [-0.2, -0.15) is 5.26 Å². The molecule has 0 saturated carbocycles. The first-order chi connectivity index (χ1) is 15.0. The molecule has 2 N–H and O–H groups in total. The SMILES string of the molecule is CC.Cc1ccc(CCc2c(C)ncc(CN(N)c3ccc(C#N)cc3)c2C=O)cc1. The molecule has 0 radical (unpaired) electrons. The molecule has 1 heterocycles. The number of benzene rings is 2. The van der Waals surface area contributed by atoms with Crippen LogP contribution in [0.25, 0.3) is 0 Å². The maximum absolute atomic E-state index is 11.9. The number of carbonyl (C=O) groups excluding carboxylic acids is 1. The van der Waals surface area contributed by atoms with Gasteiger partial charge in [0.25, 0.3) is 0 Å². The smallest absolute Gasteiger partial charge is 0.150 e. The van der Waals surface area contributed by atoms with Crippen LogP contribution >= 0.6 is 0 Å². The molecule has 0 aliphatic rings. The zero-order chi connectivity index (χ0) is 22.8. The van der Waals surface area contributed by atoms with Gasteiger partial charge in [0.2, 0.25) is 0 Å². The summed E-state index contributed by atoms with van der Waals surface area (Å²) in [4.78, 5) is 16.4. The van der Waals surface area contributed by atoms with E-state index in [4.69, 9.17) is 11.1 Å². The molecule has 0 unspecified atom stereocenters. The molecule has 0 amide bonds. The molecule has 3 rings (SSSR count). The summed E-state index contributed by atoms with van der Waals surface area (Å²) in [5, 5.41) is 10.5. The Labute approximate surface area is 185 Å². The summed E-state index contributed by atoms with van der Waals surface area (Å²) in [7, 11) is 0. The van der Waals surface area contributed by atoms with E-state index >= 15 is 0 Å². The first-order valence-corrected chi connectivity index (χ1v) is 10.5. The number of hydrogen-bond acceptors (Lipinski definition) is 5. The van der Waals surface area contributed by atoms with Crippen molar-refractivity contribution >= 4 is 12.0 Å². The van der Waals surface area contributed by atoms with E-state index in [-0.39, 0.29) is 0 Å². The van der Waals surface area contributed by atoms with Crippen LogP contribution in [0, 0.1) is 25.2 Å².